The number of nitrogens with one attached hydrogen (secondary N) is 1. The fourth-order valence-corrected chi connectivity index (χ4v) is 4.58. The molecule has 2 aromatic heterocycles. The number of aromatic nitrogens is 4. The summed E-state index contributed by atoms with van der Waals surface area (Å²) >= 11 is 0. The normalized spacial score (nSPS) is 23.1. The molecule has 0 aromatic carbocycles. The number of alkyl halides is 2. The van der Waals surface area contributed by atoms with Gasteiger partial charge in [-0.25, -0.2) is 18.4 Å². The molecule has 0 saturated heterocycles. The molecule has 4 rings (SSSR count). The minimum atomic E-state index is -3.21. The second-order valence-electron chi connectivity index (χ2n) is 9.14. The van der Waals surface area contributed by atoms with Crippen LogP contribution in [0.5, 0.6) is 0 Å². The van der Waals surface area contributed by atoms with Crippen LogP contribution in [0.4, 0.5) is 8.78 Å². The van der Waals surface area contributed by atoms with Crippen LogP contribution in [-0.2, 0) is 5.92 Å². The van der Waals surface area contributed by atoms with E-state index in [1.165, 1.54) is 17.1 Å². The number of amides is 1. The van der Waals surface area contributed by atoms with Crippen molar-refractivity contribution in [3.05, 3.63) is 40.7 Å². The number of fused-ring (bicyclic) bond motifs is 3. The van der Waals surface area contributed by atoms with Crippen molar-refractivity contribution in [3.63, 3.8) is 0 Å². The highest BCUT2D eigenvalue weighted by Gasteiger charge is 2.60. The summed E-state index contributed by atoms with van der Waals surface area (Å²) in [5, 5.41) is 28.2. The van der Waals surface area contributed by atoms with Crippen molar-refractivity contribution >= 4 is 5.91 Å². The minimum Gasteiger partial charge on any atom is -0.619 e. The third-order valence-corrected chi connectivity index (χ3v) is 6.22. The molecule has 30 heavy (non-hydrogen) atoms. The minimum absolute atomic E-state index is 0.0840. The Morgan fingerprint density at radius 2 is 2.20 bits per heavy atom. The maximum atomic E-state index is 15.4. The van der Waals surface area contributed by atoms with Gasteiger partial charge in [-0.3, -0.25) is 4.79 Å². The number of carbonyl (C=O) groups excluding carboxylic acids is 1. The van der Waals surface area contributed by atoms with Gasteiger partial charge < -0.3 is 15.6 Å². The van der Waals surface area contributed by atoms with E-state index in [4.69, 9.17) is 0 Å². The SMILES string of the molecule is CC(C)(C)[C@@H](CO)NC(=O)c1nn(-c2c[n+]([O-])ccn2)c2c1C(F)(F)[C@H]1CCC[C@@H]21. The maximum absolute atomic E-state index is 15.4. The van der Waals surface area contributed by atoms with Gasteiger partial charge in [0.1, 0.15) is 0 Å². The van der Waals surface area contributed by atoms with Crippen LogP contribution in [0.15, 0.2) is 18.6 Å². The zero-order chi connectivity index (χ0) is 21.8. The monoisotopic (exact) mass is 421 g/mol. The summed E-state index contributed by atoms with van der Waals surface area (Å²) in [6, 6.07) is -0.640. The first-order valence-corrected chi connectivity index (χ1v) is 10.0. The predicted octanol–water partition coefficient (Wildman–Crippen LogP) is 2.03. The molecular formula is C20H25F2N5O3. The predicted molar refractivity (Wildman–Crippen MR) is 102 cm³/mol. The quantitative estimate of drug-likeness (QED) is 0.580. The van der Waals surface area contributed by atoms with Gasteiger partial charge in [-0.15, -0.1) is 0 Å². The van der Waals surface area contributed by atoms with Crippen LogP contribution in [-0.4, -0.2) is 38.4 Å². The van der Waals surface area contributed by atoms with E-state index in [-0.39, 0.29) is 29.4 Å². The third kappa shape index (κ3) is 3.13. The first-order valence-electron chi connectivity index (χ1n) is 10.0. The smallest absolute Gasteiger partial charge is 0.280 e. The van der Waals surface area contributed by atoms with E-state index in [1.807, 2.05) is 20.8 Å². The molecule has 1 amide bonds. The van der Waals surface area contributed by atoms with Gasteiger partial charge in [0.25, 0.3) is 11.8 Å². The third-order valence-electron chi connectivity index (χ3n) is 6.22. The summed E-state index contributed by atoms with van der Waals surface area (Å²) < 4.78 is 32.5. The molecule has 2 aromatic rings. The van der Waals surface area contributed by atoms with E-state index in [2.05, 4.69) is 15.4 Å². The van der Waals surface area contributed by atoms with Crippen LogP contribution in [0.1, 0.15) is 67.7 Å². The number of rotatable bonds is 4. The van der Waals surface area contributed by atoms with Crippen molar-refractivity contribution in [1.82, 2.24) is 20.1 Å². The average molecular weight is 421 g/mol. The molecule has 2 heterocycles. The maximum Gasteiger partial charge on any atom is 0.280 e. The topological polar surface area (TPSA) is 107 Å². The second kappa shape index (κ2) is 6.97. The molecule has 0 radical (unpaired) electrons. The fourth-order valence-electron chi connectivity index (χ4n) is 4.58. The Kier molecular flexibility index (Phi) is 4.80. The Bertz CT molecular complexity index is 985. The van der Waals surface area contributed by atoms with Crippen molar-refractivity contribution in [3.8, 4) is 5.82 Å². The standard InChI is InChI=1S/C20H25F2N5O3/c1-19(2,3)13(10-28)24-18(29)16-15-17(11-5-4-6-12(11)20(15,21)22)27(25-16)14-9-26(30)8-7-23-14/h7-9,11-13,28H,4-6,10H2,1-3H3,(H,24,29)/t11-,12+,13-/m1/s1. The molecule has 162 valence electrons. The highest BCUT2D eigenvalue weighted by atomic mass is 19.3. The summed E-state index contributed by atoms with van der Waals surface area (Å²) in [5.74, 6) is -5.25. The molecule has 3 atom stereocenters. The lowest BCUT2D eigenvalue weighted by atomic mass is 9.87. The largest absolute Gasteiger partial charge is 0.619 e. The molecule has 8 nitrogen and oxygen atoms in total. The van der Waals surface area contributed by atoms with Gasteiger partial charge in [0, 0.05) is 11.8 Å². The molecule has 1 fully saturated rings. The molecule has 2 N–H and O–H groups in total. The van der Waals surface area contributed by atoms with Gasteiger partial charge in [-0.2, -0.15) is 9.83 Å². The molecular weight excluding hydrogens is 396 g/mol. The molecule has 1 saturated carbocycles. The van der Waals surface area contributed by atoms with Crippen LogP contribution in [0.25, 0.3) is 5.82 Å². The lowest BCUT2D eigenvalue weighted by Crippen LogP contribution is -2.46. The summed E-state index contributed by atoms with van der Waals surface area (Å²) in [5.41, 5.74) is -0.995. The van der Waals surface area contributed by atoms with Crippen LogP contribution in [0, 0.1) is 16.5 Å². The van der Waals surface area contributed by atoms with Crippen molar-refractivity contribution < 1.29 is 23.4 Å². The van der Waals surface area contributed by atoms with Crippen LogP contribution >= 0.6 is 0 Å². The first kappa shape index (κ1) is 20.6. The molecule has 0 unspecified atom stereocenters. The van der Waals surface area contributed by atoms with E-state index in [9.17, 15) is 15.1 Å². The summed E-state index contributed by atoms with van der Waals surface area (Å²) in [6.45, 7) is 5.15. The zero-order valence-corrected chi connectivity index (χ0v) is 17.1. The molecule has 2 aliphatic rings. The van der Waals surface area contributed by atoms with Crippen LogP contribution < -0.4 is 10.0 Å². The number of nitrogens with zero attached hydrogens (tertiary/aromatic N) is 4. The number of hydrogen-bond acceptors (Lipinski definition) is 5. The van der Waals surface area contributed by atoms with E-state index in [0.717, 1.165) is 6.20 Å². The van der Waals surface area contributed by atoms with Crippen molar-refractivity contribution in [2.75, 3.05) is 6.61 Å². The van der Waals surface area contributed by atoms with Gasteiger partial charge in [-0.05, 0) is 18.3 Å². The Morgan fingerprint density at radius 3 is 2.83 bits per heavy atom. The van der Waals surface area contributed by atoms with E-state index >= 15 is 8.78 Å². The number of aliphatic hydroxyl groups is 1. The molecule has 10 heteroatoms. The number of hydrogen-bond donors (Lipinski definition) is 2. The highest BCUT2D eigenvalue weighted by Crippen LogP contribution is 2.60. The summed E-state index contributed by atoms with van der Waals surface area (Å²) in [6.07, 6.45) is 5.17. The lowest BCUT2D eigenvalue weighted by molar-refractivity contribution is -0.605. The second-order valence-corrected chi connectivity index (χ2v) is 9.14. The Morgan fingerprint density at radius 1 is 1.47 bits per heavy atom. The van der Waals surface area contributed by atoms with Crippen molar-refractivity contribution in [1.29, 1.82) is 0 Å². The zero-order valence-electron chi connectivity index (χ0n) is 17.1. The molecule has 0 spiro atoms. The fraction of sp³-hybridized carbons (Fsp3) is 0.600. The Balaban J connectivity index is 1.85. The molecule has 2 aliphatic carbocycles. The first-order chi connectivity index (χ1) is 14.1. The van der Waals surface area contributed by atoms with E-state index in [1.54, 1.807) is 0 Å². The summed E-state index contributed by atoms with van der Waals surface area (Å²) in [7, 11) is 0. The van der Waals surface area contributed by atoms with Crippen LogP contribution in [0.3, 0.4) is 0 Å². The van der Waals surface area contributed by atoms with Gasteiger partial charge in [0.15, 0.2) is 11.9 Å². The Labute approximate surface area is 172 Å². The van der Waals surface area contributed by atoms with Gasteiger partial charge in [-0.1, -0.05) is 27.2 Å². The van der Waals surface area contributed by atoms with E-state index < -0.39 is 35.1 Å². The molecule has 0 aliphatic heterocycles. The van der Waals surface area contributed by atoms with Crippen molar-refractivity contribution in [2.45, 2.75) is 57.9 Å². The van der Waals surface area contributed by atoms with Gasteiger partial charge in [0.2, 0.25) is 12.0 Å². The van der Waals surface area contributed by atoms with Crippen LogP contribution in [0.2, 0.25) is 0 Å². The number of halogens is 2. The van der Waals surface area contributed by atoms with Crippen molar-refractivity contribution in [2.24, 2.45) is 11.3 Å². The highest BCUT2D eigenvalue weighted by molar-refractivity contribution is 5.95. The number of aliphatic hydroxyl groups excluding tert-OH is 1. The lowest BCUT2D eigenvalue weighted by Gasteiger charge is -2.29. The number of carbonyl (C=O) groups is 1. The molecule has 0 bridgehead atoms. The van der Waals surface area contributed by atoms with Gasteiger partial charge in [0.05, 0.1) is 30.1 Å². The average Bonchev–Trinajstić information content (AvgIpc) is 3.33. The Hall–Kier alpha value is -2.62. The summed E-state index contributed by atoms with van der Waals surface area (Å²) in [4.78, 5) is 17.1. The van der Waals surface area contributed by atoms with Gasteiger partial charge >= 0.3 is 0 Å². The van der Waals surface area contributed by atoms with E-state index in [0.29, 0.717) is 24.0 Å².